The molecular weight excluding hydrogens is 392 g/mol. The highest BCUT2D eigenvalue weighted by Gasteiger charge is 2.33. The van der Waals surface area contributed by atoms with Gasteiger partial charge in [-0.25, -0.2) is 0 Å². The molecule has 0 aliphatic carbocycles. The smallest absolute Gasteiger partial charge is 0.245 e. The Hall–Kier alpha value is -3.19. The molecular formula is C24H26N4O3. The minimum absolute atomic E-state index is 0.0252. The fraction of sp³-hybridized carbons (Fsp3) is 0.375. The van der Waals surface area contributed by atoms with Gasteiger partial charge in [-0.2, -0.15) is 0 Å². The molecule has 2 aliphatic heterocycles. The summed E-state index contributed by atoms with van der Waals surface area (Å²) >= 11 is 0. The third kappa shape index (κ3) is 3.59. The van der Waals surface area contributed by atoms with E-state index in [0.717, 1.165) is 49.1 Å². The first kappa shape index (κ1) is 19.8. The molecule has 0 saturated carbocycles. The van der Waals surface area contributed by atoms with Crippen LogP contribution >= 0.6 is 0 Å². The number of aromatic amines is 1. The van der Waals surface area contributed by atoms with Gasteiger partial charge < -0.3 is 19.7 Å². The normalized spacial score (nSPS) is 21.5. The maximum absolute atomic E-state index is 12.1. The molecule has 7 nitrogen and oxygen atoms in total. The fourth-order valence-corrected chi connectivity index (χ4v) is 4.91. The summed E-state index contributed by atoms with van der Waals surface area (Å²) < 4.78 is 5.82. The SMILES string of the molecule is C=CC(=O)N1CC[C@H](c2[nH]c3nnc(-c4ccccc4O)cc3c2[C@@H]2CCCOC2)C1. The highest BCUT2D eigenvalue weighted by Crippen LogP contribution is 2.40. The summed E-state index contributed by atoms with van der Waals surface area (Å²) in [6.45, 7) is 6.48. The van der Waals surface area contributed by atoms with E-state index in [0.29, 0.717) is 24.4 Å². The summed E-state index contributed by atoms with van der Waals surface area (Å²) in [5.74, 6) is 0.637. The summed E-state index contributed by atoms with van der Waals surface area (Å²) in [4.78, 5) is 17.5. The van der Waals surface area contributed by atoms with E-state index in [1.165, 1.54) is 11.6 Å². The second-order valence-electron chi connectivity index (χ2n) is 8.35. The quantitative estimate of drug-likeness (QED) is 0.630. The maximum Gasteiger partial charge on any atom is 0.245 e. The van der Waals surface area contributed by atoms with E-state index in [1.807, 2.05) is 23.1 Å². The molecule has 160 valence electrons. The predicted octanol–water partition coefficient (Wildman–Crippen LogP) is 3.73. The van der Waals surface area contributed by atoms with Crippen LogP contribution in [0.1, 0.15) is 42.4 Å². The summed E-state index contributed by atoms with van der Waals surface area (Å²) in [7, 11) is 0. The van der Waals surface area contributed by atoms with Crippen LogP contribution in [0.15, 0.2) is 43.0 Å². The first-order valence-electron chi connectivity index (χ1n) is 10.8. The van der Waals surface area contributed by atoms with Crippen LogP contribution in [0.4, 0.5) is 0 Å². The van der Waals surface area contributed by atoms with Crippen molar-refractivity contribution in [3.05, 3.63) is 54.2 Å². The van der Waals surface area contributed by atoms with Gasteiger partial charge >= 0.3 is 0 Å². The second kappa shape index (κ2) is 8.15. The summed E-state index contributed by atoms with van der Waals surface area (Å²) in [5.41, 5.74) is 4.40. The topological polar surface area (TPSA) is 91.3 Å². The van der Waals surface area contributed by atoms with Crippen molar-refractivity contribution in [3.8, 4) is 17.0 Å². The van der Waals surface area contributed by atoms with Crippen LogP contribution in [0.3, 0.4) is 0 Å². The van der Waals surface area contributed by atoms with Gasteiger partial charge in [0.2, 0.25) is 5.91 Å². The Morgan fingerprint density at radius 3 is 2.90 bits per heavy atom. The second-order valence-corrected chi connectivity index (χ2v) is 8.35. The lowest BCUT2D eigenvalue weighted by atomic mass is 9.87. The number of rotatable bonds is 4. The van der Waals surface area contributed by atoms with Crippen LogP contribution in [0.5, 0.6) is 5.75 Å². The lowest BCUT2D eigenvalue weighted by Crippen LogP contribution is -2.26. The largest absolute Gasteiger partial charge is 0.507 e. The molecule has 3 aromatic rings. The van der Waals surface area contributed by atoms with Crippen molar-refractivity contribution >= 4 is 16.9 Å². The van der Waals surface area contributed by atoms with E-state index in [4.69, 9.17) is 4.74 Å². The number of carbonyl (C=O) groups excluding carboxylic acids is 1. The van der Waals surface area contributed by atoms with Crippen LogP contribution in [0, 0.1) is 0 Å². The highest BCUT2D eigenvalue weighted by molar-refractivity contribution is 5.88. The molecule has 1 aromatic carbocycles. The molecule has 0 radical (unpaired) electrons. The zero-order valence-electron chi connectivity index (χ0n) is 17.4. The first-order chi connectivity index (χ1) is 15.2. The monoisotopic (exact) mass is 418 g/mol. The molecule has 2 aromatic heterocycles. The molecule has 2 fully saturated rings. The molecule has 0 bridgehead atoms. The van der Waals surface area contributed by atoms with Crippen molar-refractivity contribution in [2.24, 2.45) is 0 Å². The van der Waals surface area contributed by atoms with Crippen molar-refractivity contribution < 1.29 is 14.6 Å². The van der Waals surface area contributed by atoms with Gasteiger partial charge in [-0.1, -0.05) is 18.7 Å². The molecule has 7 heteroatoms. The van der Waals surface area contributed by atoms with Gasteiger partial charge in [0.05, 0.1) is 12.3 Å². The van der Waals surface area contributed by atoms with E-state index in [9.17, 15) is 9.90 Å². The Kier molecular flexibility index (Phi) is 5.19. The summed E-state index contributed by atoms with van der Waals surface area (Å²) in [5, 5.41) is 20.1. The van der Waals surface area contributed by atoms with Crippen LogP contribution in [0.25, 0.3) is 22.3 Å². The van der Waals surface area contributed by atoms with E-state index >= 15 is 0 Å². The Morgan fingerprint density at radius 1 is 1.26 bits per heavy atom. The number of H-pyrrole nitrogens is 1. The number of para-hydroxylation sites is 1. The van der Waals surface area contributed by atoms with Crippen molar-refractivity contribution in [3.63, 3.8) is 0 Å². The summed E-state index contributed by atoms with van der Waals surface area (Å²) in [6.07, 6.45) is 4.35. The van der Waals surface area contributed by atoms with Gasteiger partial charge in [0.25, 0.3) is 0 Å². The molecule has 4 heterocycles. The van der Waals surface area contributed by atoms with Crippen LogP contribution in [0.2, 0.25) is 0 Å². The number of ether oxygens (including phenoxy) is 1. The van der Waals surface area contributed by atoms with Crippen LogP contribution in [-0.2, 0) is 9.53 Å². The van der Waals surface area contributed by atoms with Gasteiger partial charge in [-0.15, -0.1) is 10.2 Å². The Labute approximate surface area is 180 Å². The van der Waals surface area contributed by atoms with Gasteiger partial charge in [0.1, 0.15) is 5.75 Å². The number of hydrogen-bond donors (Lipinski definition) is 2. The van der Waals surface area contributed by atoms with Gasteiger partial charge in [0, 0.05) is 48.2 Å². The molecule has 1 amide bonds. The number of aromatic hydroxyl groups is 1. The third-order valence-corrected chi connectivity index (χ3v) is 6.46. The van der Waals surface area contributed by atoms with E-state index in [1.54, 1.807) is 12.1 Å². The van der Waals surface area contributed by atoms with Gasteiger partial charge in [0.15, 0.2) is 5.65 Å². The van der Waals surface area contributed by atoms with Crippen molar-refractivity contribution in [2.75, 3.05) is 26.3 Å². The number of carbonyl (C=O) groups is 1. The van der Waals surface area contributed by atoms with Crippen molar-refractivity contribution in [2.45, 2.75) is 31.1 Å². The number of nitrogens with zero attached hydrogens (tertiary/aromatic N) is 3. The Morgan fingerprint density at radius 2 is 2.13 bits per heavy atom. The average Bonchev–Trinajstić information content (AvgIpc) is 3.44. The number of amides is 1. The molecule has 0 unspecified atom stereocenters. The zero-order valence-corrected chi connectivity index (χ0v) is 17.4. The zero-order chi connectivity index (χ0) is 21.4. The maximum atomic E-state index is 12.1. The minimum atomic E-state index is -0.0252. The van der Waals surface area contributed by atoms with Crippen molar-refractivity contribution in [1.82, 2.24) is 20.1 Å². The Balaban J connectivity index is 1.61. The summed E-state index contributed by atoms with van der Waals surface area (Å²) in [6, 6.07) is 9.19. The molecule has 31 heavy (non-hydrogen) atoms. The van der Waals surface area contributed by atoms with Crippen LogP contribution < -0.4 is 0 Å². The number of hydrogen-bond acceptors (Lipinski definition) is 5. The molecule has 2 aliphatic rings. The molecule has 2 saturated heterocycles. The number of benzene rings is 1. The molecule has 2 N–H and O–H groups in total. The van der Waals surface area contributed by atoms with E-state index in [-0.39, 0.29) is 23.5 Å². The Bertz CT molecular complexity index is 1130. The number of fused-ring (bicyclic) bond motifs is 1. The number of phenols is 1. The van der Waals surface area contributed by atoms with Crippen LogP contribution in [-0.4, -0.2) is 57.4 Å². The number of aromatic nitrogens is 3. The lowest BCUT2D eigenvalue weighted by molar-refractivity contribution is -0.125. The number of phenolic OH excluding ortho intramolecular Hbond substituents is 1. The first-order valence-corrected chi connectivity index (χ1v) is 10.8. The number of nitrogens with one attached hydrogen (secondary N) is 1. The van der Waals surface area contributed by atoms with Crippen molar-refractivity contribution in [1.29, 1.82) is 0 Å². The van der Waals surface area contributed by atoms with Gasteiger partial charge in [-0.3, -0.25) is 4.79 Å². The highest BCUT2D eigenvalue weighted by atomic mass is 16.5. The van der Waals surface area contributed by atoms with E-state index < -0.39 is 0 Å². The third-order valence-electron chi connectivity index (χ3n) is 6.46. The lowest BCUT2D eigenvalue weighted by Gasteiger charge is -2.24. The molecule has 2 atom stereocenters. The minimum Gasteiger partial charge on any atom is -0.507 e. The number of likely N-dealkylation sites (tertiary alicyclic amines) is 1. The average molecular weight is 418 g/mol. The molecule has 5 rings (SSSR count). The predicted molar refractivity (Wildman–Crippen MR) is 118 cm³/mol. The fourth-order valence-electron chi connectivity index (χ4n) is 4.91. The van der Waals surface area contributed by atoms with Gasteiger partial charge in [-0.05, 0) is 49.1 Å². The standard InChI is InChI=1S/C24H26N4O3/c1-2-21(30)28-10-9-15(13-28)23-22(16-6-5-11-31-14-16)18-12-19(26-27-24(18)25-23)17-7-3-4-8-20(17)29/h2-4,7-8,12,15-16,29H,1,5-6,9-11,13-14H2,(H,25,27)/t15-,16+/m0/s1. The van der Waals surface area contributed by atoms with E-state index in [2.05, 4.69) is 21.8 Å². The molecule has 0 spiro atoms.